The molecule has 1 N–H and O–H groups in total. The van der Waals surface area contributed by atoms with Gasteiger partial charge in [-0.1, -0.05) is 33.6 Å². The zero-order chi connectivity index (χ0) is 8.85. The van der Waals surface area contributed by atoms with Gasteiger partial charge in [-0.05, 0) is 25.2 Å². The first kappa shape index (κ1) is 11.0. The minimum atomic E-state index is -0.137. The van der Waals surface area contributed by atoms with Crippen LogP contribution in [0.2, 0.25) is 0 Å². The largest absolute Gasteiger partial charge is 0.393 e. The van der Waals surface area contributed by atoms with Crippen molar-refractivity contribution in [3.63, 3.8) is 0 Å². The lowest BCUT2D eigenvalue weighted by molar-refractivity contribution is 0.0904. The van der Waals surface area contributed by atoms with Crippen molar-refractivity contribution >= 4 is 0 Å². The molecule has 0 aromatic rings. The van der Waals surface area contributed by atoms with E-state index in [2.05, 4.69) is 20.8 Å². The molecule has 0 saturated carbocycles. The molecule has 2 atom stereocenters. The summed E-state index contributed by atoms with van der Waals surface area (Å²) in [5, 5.41) is 9.41. The van der Waals surface area contributed by atoms with Gasteiger partial charge in [0.05, 0.1) is 6.10 Å². The third-order valence-electron chi connectivity index (χ3n) is 2.37. The van der Waals surface area contributed by atoms with Crippen LogP contribution in [0.4, 0.5) is 0 Å². The van der Waals surface area contributed by atoms with Gasteiger partial charge < -0.3 is 5.11 Å². The van der Waals surface area contributed by atoms with E-state index in [9.17, 15) is 5.11 Å². The van der Waals surface area contributed by atoms with Gasteiger partial charge in [-0.3, -0.25) is 0 Å². The van der Waals surface area contributed by atoms with Crippen LogP contribution in [0.1, 0.15) is 47.0 Å². The fraction of sp³-hybridized carbons (Fsp3) is 1.00. The van der Waals surface area contributed by atoms with E-state index >= 15 is 0 Å². The van der Waals surface area contributed by atoms with Gasteiger partial charge in [-0.25, -0.2) is 0 Å². The second-order valence-electron chi connectivity index (χ2n) is 3.79. The Balaban J connectivity index is 3.70. The number of aliphatic hydroxyl groups is 1. The zero-order valence-corrected chi connectivity index (χ0v) is 8.30. The minimum absolute atomic E-state index is 0.137. The number of rotatable bonds is 5. The van der Waals surface area contributed by atoms with Gasteiger partial charge in [-0.15, -0.1) is 0 Å². The third-order valence-corrected chi connectivity index (χ3v) is 2.37. The van der Waals surface area contributed by atoms with Crippen molar-refractivity contribution < 1.29 is 5.11 Å². The molecule has 0 radical (unpaired) electrons. The molecular formula is C10H22O. The van der Waals surface area contributed by atoms with Gasteiger partial charge in [0.2, 0.25) is 0 Å². The van der Waals surface area contributed by atoms with Crippen molar-refractivity contribution in [2.24, 2.45) is 11.8 Å². The topological polar surface area (TPSA) is 20.2 Å². The highest BCUT2D eigenvalue weighted by Crippen LogP contribution is 2.21. The van der Waals surface area contributed by atoms with Crippen molar-refractivity contribution in [2.75, 3.05) is 0 Å². The summed E-state index contributed by atoms with van der Waals surface area (Å²) in [5.41, 5.74) is 0. The minimum Gasteiger partial charge on any atom is -0.393 e. The Bertz CT molecular complexity index is 78.9. The molecule has 11 heavy (non-hydrogen) atoms. The summed E-state index contributed by atoms with van der Waals surface area (Å²) in [6.45, 7) is 8.47. The van der Waals surface area contributed by atoms with Gasteiger partial charge >= 0.3 is 0 Å². The van der Waals surface area contributed by atoms with E-state index in [1.807, 2.05) is 6.92 Å². The van der Waals surface area contributed by atoms with Gasteiger partial charge in [0, 0.05) is 0 Å². The maximum Gasteiger partial charge on any atom is 0.0542 e. The molecule has 0 aliphatic carbocycles. The van der Waals surface area contributed by atoms with E-state index in [-0.39, 0.29) is 6.10 Å². The van der Waals surface area contributed by atoms with E-state index in [1.54, 1.807) is 0 Å². The van der Waals surface area contributed by atoms with Gasteiger partial charge in [0.15, 0.2) is 0 Å². The van der Waals surface area contributed by atoms with Crippen LogP contribution in [-0.4, -0.2) is 11.2 Å². The van der Waals surface area contributed by atoms with Crippen molar-refractivity contribution in [3.05, 3.63) is 0 Å². The molecule has 0 fully saturated rings. The number of unbranched alkanes of at least 4 members (excludes halogenated alkanes) is 1. The van der Waals surface area contributed by atoms with Crippen LogP contribution < -0.4 is 0 Å². The third kappa shape index (κ3) is 4.41. The van der Waals surface area contributed by atoms with E-state index in [4.69, 9.17) is 0 Å². The Labute approximate surface area is 70.8 Å². The maximum atomic E-state index is 9.41. The second kappa shape index (κ2) is 5.59. The lowest BCUT2D eigenvalue weighted by atomic mass is 9.87. The average molecular weight is 158 g/mol. The molecule has 0 saturated heterocycles. The predicted octanol–water partition coefficient (Wildman–Crippen LogP) is 2.83. The molecule has 0 aromatic carbocycles. The normalized spacial score (nSPS) is 16.9. The molecule has 0 rings (SSSR count). The Kier molecular flexibility index (Phi) is 5.57. The average Bonchev–Trinajstić information content (AvgIpc) is 1.87. The first-order chi connectivity index (χ1) is 5.09. The first-order valence-electron chi connectivity index (χ1n) is 4.77. The van der Waals surface area contributed by atoms with Crippen molar-refractivity contribution in [2.45, 2.75) is 53.1 Å². The monoisotopic (exact) mass is 158 g/mol. The smallest absolute Gasteiger partial charge is 0.0542 e. The molecule has 0 unspecified atom stereocenters. The van der Waals surface area contributed by atoms with Crippen molar-refractivity contribution in [1.29, 1.82) is 0 Å². The van der Waals surface area contributed by atoms with Crippen LogP contribution in [-0.2, 0) is 0 Å². The Morgan fingerprint density at radius 3 is 2.00 bits per heavy atom. The molecule has 68 valence electrons. The van der Waals surface area contributed by atoms with Gasteiger partial charge in [0.1, 0.15) is 0 Å². The highest BCUT2D eigenvalue weighted by Gasteiger charge is 2.17. The van der Waals surface area contributed by atoms with Crippen LogP contribution in [0.15, 0.2) is 0 Å². The lowest BCUT2D eigenvalue weighted by Crippen LogP contribution is -2.22. The standard InChI is InChI=1S/C10H22O/c1-5-6-7-10(8(2)3)9(4)11/h8-11H,5-7H2,1-4H3/t9-,10+/m0/s1. The molecular weight excluding hydrogens is 136 g/mol. The van der Waals surface area contributed by atoms with E-state index < -0.39 is 0 Å². The van der Waals surface area contributed by atoms with E-state index in [0.29, 0.717) is 11.8 Å². The van der Waals surface area contributed by atoms with Crippen LogP contribution in [0.3, 0.4) is 0 Å². The number of aliphatic hydroxyl groups excluding tert-OH is 1. The molecule has 0 spiro atoms. The molecule has 0 aliphatic heterocycles. The van der Waals surface area contributed by atoms with E-state index in [0.717, 1.165) is 0 Å². The molecule has 0 aliphatic rings. The predicted molar refractivity (Wildman–Crippen MR) is 49.5 cm³/mol. The molecule has 0 bridgehead atoms. The summed E-state index contributed by atoms with van der Waals surface area (Å²) in [6, 6.07) is 0. The highest BCUT2D eigenvalue weighted by molar-refractivity contribution is 4.67. The summed E-state index contributed by atoms with van der Waals surface area (Å²) in [5.74, 6) is 1.11. The summed E-state index contributed by atoms with van der Waals surface area (Å²) in [7, 11) is 0. The van der Waals surface area contributed by atoms with Crippen molar-refractivity contribution in [1.82, 2.24) is 0 Å². The highest BCUT2D eigenvalue weighted by atomic mass is 16.3. The van der Waals surface area contributed by atoms with Crippen LogP contribution in [0, 0.1) is 11.8 Å². The maximum absolute atomic E-state index is 9.41. The molecule has 0 aromatic heterocycles. The van der Waals surface area contributed by atoms with Crippen molar-refractivity contribution in [3.8, 4) is 0 Å². The number of hydrogen-bond acceptors (Lipinski definition) is 1. The SMILES string of the molecule is CCCC[C@H](C(C)C)[C@H](C)O. The summed E-state index contributed by atoms with van der Waals surface area (Å²) in [4.78, 5) is 0. The summed E-state index contributed by atoms with van der Waals surface area (Å²) in [6.07, 6.45) is 3.51. The Morgan fingerprint density at radius 1 is 1.18 bits per heavy atom. The van der Waals surface area contributed by atoms with Gasteiger partial charge in [0.25, 0.3) is 0 Å². The summed E-state index contributed by atoms with van der Waals surface area (Å²) >= 11 is 0. The Morgan fingerprint density at radius 2 is 1.73 bits per heavy atom. The van der Waals surface area contributed by atoms with Crippen LogP contribution in [0.5, 0.6) is 0 Å². The van der Waals surface area contributed by atoms with Crippen LogP contribution in [0.25, 0.3) is 0 Å². The summed E-state index contributed by atoms with van der Waals surface area (Å²) < 4.78 is 0. The molecule has 1 nitrogen and oxygen atoms in total. The molecule has 1 heteroatoms. The van der Waals surface area contributed by atoms with E-state index in [1.165, 1.54) is 19.3 Å². The second-order valence-corrected chi connectivity index (χ2v) is 3.79. The Hall–Kier alpha value is -0.0400. The first-order valence-corrected chi connectivity index (χ1v) is 4.77. The fourth-order valence-electron chi connectivity index (χ4n) is 1.57. The molecule has 0 amide bonds. The fourth-order valence-corrected chi connectivity index (χ4v) is 1.57. The van der Waals surface area contributed by atoms with Crippen LogP contribution >= 0.6 is 0 Å². The zero-order valence-electron chi connectivity index (χ0n) is 8.30. The quantitative estimate of drug-likeness (QED) is 0.652. The molecule has 0 heterocycles. The van der Waals surface area contributed by atoms with Gasteiger partial charge in [-0.2, -0.15) is 0 Å². The number of hydrogen-bond donors (Lipinski definition) is 1. The lowest BCUT2D eigenvalue weighted by Gasteiger charge is -2.23.